The van der Waals surface area contributed by atoms with Crippen molar-refractivity contribution in [2.45, 2.75) is 32.6 Å². The Labute approximate surface area is 142 Å². The molecule has 0 saturated carbocycles. The minimum absolute atomic E-state index is 0.0939. The maximum atomic E-state index is 5.89. The Bertz CT molecular complexity index is 859. The van der Waals surface area contributed by atoms with E-state index in [0.29, 0.717) is 23.8 Å². The van der Waals surface area contributed by atoms with E-state index in [2.05, 4.69) is 37.9 Å². The van der Waals surface area contributed by atoms with Crippen LogP contribution in [0.1, 0.15) is 37.8 Å². The van der Waals surface area contributed by atoms with Gasteiger partial charge in [-0.25, -0.2) is 4.98 Å². The van der Waals surface area contributed by atoms with Crippen molar-refractivity contribution in [3.05, 3.63) is 53.4 Å². The first-order chi connectivity index (χ1) is 11.4. The van der Waals surface area contributed by atoms with Gasteiger partial charge in [-0.2, -0.15) is 0 Å². The van der Waals surface area contributed by atoms with Crippen LogP contribution >= 0.6 is 0 Å². The van der Waals surface area contributed by atoms with Crippen LogP contribution in [-0.2, 0) is 11.8 Å². The van der Waals surface area contributed by atoms with Crippen molar-refractivity contribution >= 4 is 11.1 Å². The first-order valence-electron chi connectivity index (χ1n) is 8.01. The fourth-order valence-electron chi connectivity index (χ4n) is 2.68. The molecule has 0 aliphatic rings. The second-order valence-corrected chi connectivity index (χ2v) is 6.91. The molecular formula is C20H23NO3. The lowest BCUT2D eigenvalue weighted by Gasteiger charge is -2.18. The number of nitrogens with zero attached hydrogens (tertiary/aromatic N) is 1. The molecule has 4 nitrogen and oxygen atoms in total. The van der Waals surface area contributed by atoms with Crippen molar-refractivity contribution in [1.29, 1.82) is 0 Å². The maximum Gasteiger partial charge on any atom is 0.199 e. The molecule has 4 heteroatoms. The minimum Gasteiger partial charge on any atom is -0.493 e. The van der Waals surface area contributed by atoms with E-state index < -0.39 is 0 Å². The summed E-state index contributed by atoms with van der Waals surface area (Å²) in [5, 5.41) is 0. The second kappa shape index (κ2) is 6.19. The summed E-state index contributed by atoms with van der Waals surface area (Å²) < 4.78 is 16.5. The molecule has 0 saturated heterocycles. The van der Waals surface area contributed by atoms with E-state index in [1.54, 1.807) is 14.2 Å². The van der Waals surface area contributed by atoms with Crippen molar-refractivity contribution < 1.29 is 13.9 Å². The number of ether oxygens (including phenoxy) is 2. The third kappa shape index (κ3) is 3.23. The highest BCUT2D eigenvalue weighted by molar-refractivity contribution is 5.73. The summed E-state index contributed by atoms with van der Waals surface area (Å²) in [5.41, 5.74) is 4.13. The second-order valence-electron chi connectivity index (χ2n) is 6.91. The average molecular weight is 325 g/mol. The number of rotatable bonds is 4. The summed E-state index contributed by atoms with van der Waals surface area (Å²) in [5.74, 6) is 2.12. The van der Waals surface area contributed by atoms with Crippen LogP contribution in [0, 0.1) is 0 Å². The molecule has 0 bridgehead atoms. The molecule has 0 spiro atoms. The highest BCUT2D eigenvalue weighted by atomic mass is 16.5. The van der Waals surface area contributed by atoms with Crippen molar-refractivity contribution in [3.8, 4) is 11.5 Å². The Morgan fingerprint density at radius 3 is 2.38 bits per heavy atom. The number of fused-ring (bicyclic) bond motifs is 1. The van der Waals surface area contributed by atoms with Gasteiger partial charge in [0.2, 0.25) is 0 Å². The molecule has 0 fully saturated rings. The normalized spacial score (nSPS) is 11.7. The topological polar surface area (TPSA) is 44.5 Å². The molecule has 1 heterocycles. The number of aromatic nitrogens is 1. The molecule has 126 valence electrons. The average Bonchev–Trinajstić information content (AvgIpc) is 2.95. The first-order valence-corrected chi connectivity index (χ1v) is 8.01. The largest absolute Gasteiger partial charge is 0.493 e. The van der Waals surface area contributed by atoms with E-state index in [4.69, 9.17) is 13.9 Å². The van der Waals surface area contributed by atoms with E-state index in [1.165, 1.54) is 5.56 Å². The molecule has 24 heavy (non-hydrogen) atoms. The Morgan fingerprint density at radius 1 is 0.958 bits per heavy atom. The van der Waals surface area contributed by atoms with Crippen LogP contribution in [0.2, 0.25) is 0 Å². The quantitative estimate of drug-likeness (QED) is 0.695. The summed E-state index contributed by atoms with van der Waals surface area (Å²) in [4.78, 5) is 4.64. The molecule has 0 atom stereocenters. The van der Waals surface area contributed by atoms with Crippen LogP contribution in [-0.4, -0.2) is 19.2 Å². The molecule has 2 aromatic carbocycles. The lowest BCUT2D eigenvalue weighted by atomic mass is 9.87. The van der Waals surface area contributed by atoms with Crippen molar-refractivity contribution in [3.63, 3.8) is 0 Å². The van der Waals surface area contributed by atoms with Gasteiger partial charge in [0.15, 0.2) is 23.0 Å². The predicted octanol–water partition coefficient (Wildman–Crippen LogP) is 4.73. The predicted molar refractivity (Wildman–Crippen MR) is 95.1 cm³/mol. The van der Waals surface area contributed by atoms with Gasteiger partial charge in [0.05, 0.1) is 14.2 Å². The summed E-state index contributed by atoms with van der Waals surface area (Å²) in [6, 6.07) is 12.1. The van der Waals surface area contributed by atoms with E-state index in [9.17, 15) is 0 Å². The molecule has 0 unspecified atom stereocenters. The highest BCUT2D eigenvalue weighted by Crippen LogP contribution is 2.30. The molecular weight excluding hydrogens is 302 g/mol. The Morgan fingerprint density at radius 2 is 1.71 bits per heavy atom. The van der Waals surface area contributed by atoms with Crippen LogP contribution in [0.25, 0.3) is 11.1 Å². The summed E-state index contributed by atoms with van der Waals surface area (Å²) >= 11 is 0. The maximum absolute atomic E-state index is 5.89. The molecule has 0 aliphatic heterocycles. The standard InChI is InChI=1S/C20H23NO3/c1-20(2,3)14-7-9-16-15(12-14)21-19(24-16)11-13-6-8-17(22-4)18(10-13)23-5/h6-10,12H,11H2,1-5H3. The fourth-order valence-corrected chi connectivity index (χ4v) is 2.68. The van der Waals surface area contributed by atoms with Gasteiger partial charge in [0.25, 0.3) is 0 Å². The van der Waals surface area contributed by atoms with Crippen molar-refractivity contribution in [2.75, 3.05) is 14.2 Å². The molecule has 0 radical (unpaired) electrons. The van der Waals surface area contributed by atoms with E-state index in [0.717, 1.165) is 16.7 Å². The monoisotopic (exact) mass is 325 g/mol. The fraction of sp³-hybridized carbons (Fsp3) is 0.350. The third-order valence-electron chi connectivity index (χ3n) is 4.10. The van der Waals surface area contributed by atoms with E-state index in [1.807, 2.05) is 24.3 Å². The van der Waals surface area contributed by atoms with E-state index in [-0.39, 0.29) is 5.41 Å². The van der Waals surface area contributed by atoms with Gasteiger partial charge in [-0.05, 0) is 40.8 Å². The molecule has 0 amide bonds. The van der Waals surface area contributed by atoms with Crippen LogP contribution in [0.4, 0.5) is 0 Å². The zero-order chi connectivity index (χ0) is 17.3. The number of hydrogen-bond acceptors (Lipinski definition) is 4. The van der Waals surface area contributed by atoms with Gasteiger partial charge in [-0.1, -0.05) is 32.9 Å². The Balaban J connectivity index is 1.90. The van der Waals surface area contributed by atoms with Gasteiger partial charge >= 0.3 is 0 Å². The number of oxazole rings is 1. The molecule has 0 aliphatic carbocycles. The van der Waals surface area contributed by atoms with Gasteiger partial charge in [0.1, 0.15) is 5.52 Å². The molecule has 3 rings (SSSR count). The highest BCUT2D eigenvalue weighted by Gasteiger charge is 2.16. The smallest absolute Gasteiger partial charge is 0.199 e. The van der Waals surface area contributed by atoms with Crippen LogP contribution in [0.3, 0.4) is 0 Å². The number of methoxy groups -OCH3 is 2. The lowest BCUT2D eigenvalue weighted by Crippen LogP contribution is -2.10. The van der Waals surface area contributed by atoms with Crippen LogP contribution < -0.4 is 9.47 Å². The minimum atomic E-state index is 0.0939. The van der Waals surface area contributed by atoms with Gasteiger partial charge in [-0.15, -0.1) is 0 Å². The number of benzene rings is 2. The number of hydrogen-bond donors (Lipinski definition) is 0. The lowest BCUT2D eigenvalue weighted by molar-refractivity contribution is 0.354. The summed E-state index contributed by atoms with van der Waals surface area (Å²) in [6.07, 6.45) is 0.611. The first kappa shape index (κ1) is 16.4. The Kier molecular flexibility index (Phi) is 4.22. The van der Waals surface area contributed by atoms with Crippen molar-refractivity contribution in [1.82, 2.24) is 4.98 Å². The zero-order valence-corrected chi connectivity index (χ0v) is 14.8. The Hall–Kier alpha value is -2.49. The molecule has 1 aromatic heterocycles. The molecule has 3 aromatic rings. The van der Waals surface area contributed by atoms with Gasteiger partial charge in [-0.3, -0.25) is 0 Å². The third-order valence-corrected chi connectivity index (χ3v) is 4.10. The summed E-state index contributed by atoms with van der Waals surface area (Å²) in [7, 11) is 3.26. The summed E-state index contributed by atoms with van der Waals surface area (Å²) in [6.45, 7) is 6.58. The molecule has 0 N–H and O–H groups in total. The zero-order valence-electron chi connectivity index (χ0n) is 14.8. The van der Waals surface area contributed by atoms with Crippen LogP contribution in [0.15, 0.2) is 40.8 Å². The van der Waals surface area contributed by atoms with Crippen molar-refractivity contribution in [2.24, 2.45) is 0 Å². The SMILES string of the molecule is COc1ccc(Cc2nc3cc(C(C)(C)C)ccc3o2)cc1OC. The van der Waals surface area contributed by atoms with E-state index >= 15 is 0 Å². The van der Waals surface area contributed by atoms with Crippen LogP contribution in [0.5, 0.6) is 11.5 Å². The van der Waals surface area contributed by atoms with Gasteiger partial charge < -0.3 is 13.9 Å². The van der Waals surface area contributed by atoms with Gasteiger partial charge in [0, 0.05) is 6.42 Å².